The number of hydrogen-bond donors (Lipinski definition) is 2. The summed E-state index contributed by atoms with van der Waals surface area (Å²) >= 11 is 1.64. The van der Waals surface area contributed by atoms with E-state index in [1.807, 2.05) is 30.3 Å². The van der Waals surface area contributed by atoms with Gasteiger partial charge in [-0.05, 0) is 38.8 Å². The number of nitrogens with one attached hydrogen (secondary N) is 1. The summed E-state index contributed by atoms with van der Waals surface area (Å²) in [6.07, 6.45) is 5.56. The Kier molecular flexibility index (Phi) is 5.18. The molecule has 0 radical (unpaired) electrons. The number of allylic oxidation sites excluding steroid dienone is 2. The highest BCUT2D eigenvalue weighted by molar-refractivity contribution is 7.18. The first kappa shape index (κ1) is 17.6. The number of amides is 1. The number of nitrogens with zero attached hydrogens (tertiary/aromatic N) is 1. The van der Waals surface area contributed by atoms with Gasteiger partial charge in [0.1, 0.15) is 0 Å². The Hall–Kier alpha value is -2.21. The largest absolute Gasteiger partial charge is 0.481 e. The molecule has 1 aliphatic carbocycles. The van der Waals surface area contributed by atoms with Gasteiger partial charge in [-0.2, -0.15) is 0 Å². The molecule has 0 saturated carbocycles. The van der Waals surface area contributed by atoms with E-state index in [2.05, 4.69) is 11.4 Å². The lowest BCUT2D eigenvalue weighted by molar-refractivity contribution is -0.142. The molecule has 25 heavy (non-hydrogen) atoms. The molecule has 5 nitrogen and oxygen atoms in total. The Morgan fingerprint density at radius 3 is 2.68 bits per heavy atom. The van der Waals surface area contributed by atoms with Crippen molar-refractivity contribution in [2.45, 2.75) is 38.6 Å². The van der Waals surface area contributed by atoms with Gasteiger partial charge in [0, 0.05) is 12.0 Å². The van der Waals surface area contributed by atoms with E-state index < -0.39 is 17.9 Å². The minimum atomic E-state index is -0.904. The van der Waals surface area contributed by atoms with E-state index in [1.165, 1.54) is 0 Å². The number of carbonyl (C=O) groups is 2. The third kappa shape index (κ3) is 3.74. The van der Waals surface area contributed by atoms with Crippen molar-refractivity contribution in [3.05, 3.63) is 41.4 Å². The van der Waals surface area contributed by atoms with Crippen molar-refractivity contribution in [1.82, 2.24) is 10.3 Å². The van der Waals surface area contributed by atoms with Crippen LogP contribution >= 0.6 is 11.3 Å². The van der Waals surface area contributed by atoms with Gasteiger partial charge in [0.05, 0.1) is 27.1 Å². The quantitative estimate of drug-likeness (QED) is 0.801. The summed E-state index contributed by atoms with van der Waals surface area (Å²) in [6.45, 7) is 3.35. The van der Waals surface area contributed by atoms with Crippen LogP contribution in [0.2, 0.25) is 0 Å². The molecule has 1 aromatic heterocycles. The average Bonchev–Trinajstić information content (AvgIpc) is 3.04. The Bertz CT molecular complexity index is 781. The maximum absolute atomic E-state index is 12.8. The summed E-state index contributed by atoms with van der Waals surface area (Å²) in [5.41, 5.74) is 0.962. The van der Waals surface area contributed by atoms with E-state index in [1.54, 1.807) is 25.2 Å². The lowest BCUT2D eigenvalue weighted by Gasteiger charge is -2.28. The predicted octanol–water partition coefficient (Wildman–Crippen LogP) is 3.57. The van der Waals surface area contributed by atoms with E-state index >= 15 is 0 Å². The van der Waals surface area contributed by atoms with Crippen LogP contribution in [0.5, 0.6) is 0 Å². The van der Waals surface area contributed by atoms with Crippen molar-refractivity contribution in [2.24, 2.45) is 11.8 Å². The van der Waals surface area contributed by atoms with Gasteiger partial charge < -0.3 is 10.4 Å². The second kappa shape index (κ2) is 7.35. The highest BCUT2D eigenvalue weighted by Gasteiger charge is 2.33. The zero-order valence-corrected chi connectivity index (χ0v) is 15.1. The van der Waals surface area contributed by atoms with Gasteiger partial charge >= 0.3 is 5.97 Å². The molecule has 3 rings (SSSR count). The standard InChI is InChI=1S/C19H22N2O3S/c1-11(19(23)24)12(2)20-17(22)13-7-3-4-8-14(13)18-21-15-9-5-6-10-16(15)25-18/h3-6,9-14H,7-8H2,1-2H3,(H,20,22)(H,23,24). The maximum atomic E-state index is 12.8. The van der Waals surface area contributed by atoms with Gasteiger partial charge in [-0.3, -0.25) is 9.59 Å². The van der Waals surface area contributed by atoms with E-state index in [-0.39, 0.29) is 17.7 Å². The predicted molar refractivity (Wildman–Crippen MR) is 98.6 cm³/mol. The number of rotatable bonds is 5. The van der Waals surface area contributed by atoms with Gasteiger partial charge in [0.25, 0.3) is 0 Å². The number of aliphatic carboxylic acids is 1. The summed E-state index contributed by atoms with van der Waals surface area (Å²) in [6, 6.07) is 7.57. The van der Waals surface area contributed by atoms with Crippen molar-refractivity contribution in [3.63, 3.8) is 0 Å². The zero-order valence-electron chi connectivity index (χ0n) is 14.3. The highest BCUT2D eigenvalue weighted by atomic mass is 32.1. The number of thiazole rings is 1. The molecule has 2 aromatic rings. The first-order valence-corrected chi connectivity index (χ1v) is 9.32. The monoisotopic (exact) mass is 358 g/mol. The minimum Gasteiger partial charge on any atom is -0.481 e. The van der Waals surface area contributed by atoms with Gasteiger partial charge in [-0.1, -0.05) is 24.3 Å². The Morgan fingerprint density at radius 1 is 1.24 bits per heavy atom. The van der Waals surface area contributed by atoms with Crippen LogP contribution in [0.1, 0.15) is 37.6 Å². The Labute approximate surface area is 150 Å². The summed E-state index contributed by atoms with van der Waals surface area (Å²) in [7, 11) is 0. The molecule has 0 spiro atoms. The van der Waals surface area contributed by atoms with Crippen LogP contribution in [0.3, 0.4) is 0 Å². The van der Waals surface area contributed by atoms with Crippen LogP contribution in [0, 0.1) is 11.8 Å². The molecule has 2 N–H and O–H groups in total. The summed E-state index contributed by atoms with van der Waals surface area (Å²) < 4.78 is 1.12. The first-order chi connectivity index (χ1) is 12.0. The fourth-order valence-electron chi connectivity index (χ4n) is 3.10. The molecule has 1 aliphatic rings. The molecule has 6 heteroatoms. The average molecular weight is 358 g/mol. The number of fused-ring (bicyclic) bond motifs is 1. The maximum Gasteiger partial charge on any atom is 0.308 e. The molecule has 0 aliphatic heterocycles. The number of hydrogen-bond acceptors (Lipinski definition) is 4. The SMILES string of the molecule is CC(NC(=O)C1CC=CCC1c1nc2ccccc2s1)C(C)C(=O)O. The molecule has 4 atom stereocenters. The molecule has 1 amide bonds. The number of carboxylic acid groups (broad SMARTS) is 1. The van der Waals surface area contributed by atoms with Crippen LogP contribution in [0.25, 0.3) is 10.2 Å². The fourth-order valence-corrected chi connectivity index (χ4v) is 4.24. The van der Waals surface area contributed by atoms with Crippen LogP contribution in [-0.2, 0) is 9.59 Å². The number of aromatic nitrogens is 1. The van der Waals surface area contributed by atoms with Crippen LogP contribution in [0.4, 0.5) is 0 Å². The molecule has 132 valence electrons. The van der Waals surface area contributed by atoms with Gasteiger partial charge in [-0.15, -0.1) is 11.3 Å². The van der Waals surface area contributed by atoms with Crippen LogP contribution in [0.15, 0.2) is 36.4 Å². The van der Waals surface area contributed by atoms with Crippen molar-refractivity contribution in [2.75, 3.05) is 0 Å². The van der Waals surface area contributed by atoms with Crippen LogP contribution in [-0.4, -0.2) is 28.0 Å². The molecule has 4 unspecified atom stereocenters. The number of benzene rings is 1. The van der Waals surface area contributed by atoms with E-state index in [9.17, 15) is 9.59 Å². The molecular weight excluding hydrogens is 336 g/mol. The third-order valence-corrected chi connectivity index (χ3v) is 6.07. The van der Waals surface area contributed by atoms with Crippen molar-refractivity contribution in [3.8, 4) is 0 Å². The third-order valence-electron chi connectivity index (χ3n) is 4.91. The molecular formula is C19H22N2O3S. The summed E-state index contributed by atoms with van der Waals surface area (Å²) in [5, 5.41) is 13.0. The van der Waals surface area contributed by atoms with Crippen molar-refractivity contribution in [1.29, 1.82) is 0 Å². The first-order valence-electron chi connectivity index (χ1n) is 8.51. The number of carboxylic acids is 1. The fraction of sp³-hybridized carbons (Fsp3) is 0.421. The minimum absolute atomic E-state index is 0.0368. The molecule has 1 heterocycles. The summed E-state index contributed by atoms with van der Waals surface area (Å²) in [4.78, 5) is 28.6. The molecule has 0 fully saturated rings. The van der Waals surface area contributed by atoms with Crippen molar-refractivity contribution < 1.29 is 14.7 Å². The Balaban J connectivity index is 1.80. The Morgan fingerprint density at radius 2 is 1.96 bits per heavy atom. The molecule has 0 bridgehead atoms. The van der Waals surface area contributed by atoms with Gasteiger partial charge in [0.2, 0.25) is 5.91 Å². The highest BCUT2D eigenvalue weighted by Crippen LogP contribution is 2.38. The topological polar surface area (TPSA) is 79.3 Å². The molecule has 0 saturated heterocycles. The van der Waals surface area contributed by atoms with E-state index in [0.29, 0.717) is 6.42 Å². The normalized spacial score (nSPS) is 22.5. The number of para-hydroxylation sites is 1. The van der Waals surface area contributed by atoms with Gasteiger partial charge in [0.15, 0.2) is 0 Å². The lowest BCUT2D eigenvalue weighted by Crippen LogP contribution is -2.44. The second-order valence-electron chi connectivity index (χ2n) is 6.60. The van der Waals surface area contributed by atoms with E-state index in [4.69, 9.17) is 10.1 Å². The molecule has 1 aromatic carbocycles. The second-order valence-corrected chi connectivity index (χ2v) is 7.66. The number of carbonyl (C=O) groups excluding carboxylic acids is 1. The van der Waals surface area contributed by atoms with Gasteiger partial charge in [-0.25, -0.2) is 4.98 Å². The summed E-state index contributed by atoms with van der Waals surface area (Å²) in [5.74, 6) is -1.79. The van der Waals surface area contributed by atoms with E-state index in [0.717, 1.165) is 21.6 Å². The van der Waals surface area contributed by atoms with Crippen LogP contribution < -0.4 is 5.32 Å². The smallest absolute Gasteiger partial charge is 0.308 e. The zero-order chi connectivity index (χ0) is 18.0. The van der Waals surface area contributed by atoms with Crippen molar-refractivity contribution >= 4 is 33.4 Å². The lowest BCUT2D eigenvalue weighted by atomic mass is 9.82.